The number of nitrogens with one attached hydrogen (secondary N) is 2. The minimum atomic E-state index is -3.72. The minimum Gasteiger partial charge on any atom is -0.338 e. The molecule has 0 fully saturated rings. The molecule has 0 unspecified atom stereocenters. The summed E-state index contributed by atoms with van der Waals surface area (Å²) in [5.41, 5.74) is 0.827. The zero-order valence-corrected chi connectivity index (χ0v) is 14.1. The second kappa shape index (κ2) is 11.7. The molecule has 0 saturated heterocycles. The van der Waals surface area contributed by atoms with Gasteiger partial charge in [-0.3, -0.25) is 0 Å². The number of hydrogen-bond acceptors (Lipinski definition) is 3. The summed E-state index contributed by atoms with van der Waals surface area (Å²) in [6.07, 6.45) is 4.69. The van der Waals surface area contributed by atoms with Crippen LogP contribution in [0.25, 0.3) is 0 Å². The smallest absolute Gasteiger partial charge is 0.319 e. The Labute approximate surface area is 134 Å². The summed E-state index contributed by atoms with van der Waals surface area (Å²) >= 11 is 0. The van der Waals surface area contributed by atoms with Gasteiger partial charge in [0.2, 0.25) is 0 Å². The normalized spacial score (nSPS) is 10.2. The highest BCUT2D eigenvalue weighted by Crippen LogP contribution is 2.04. The van der Waals surface area contributed by atoms with E-state index < -0.39 is 8.26 Å². The lowest BCUT2D eigenvalue weighted by Crippen LogP contribution is -2.29. The number of amides is 2. The average Bonchev–Trinajstić information content (AvgIpc) is 2.38. The first kappa shape index (κ1) is 20.0. The van der Waals surface area contributed by atoms with Gasteiger partial charge in [0.15, 0.2) is 0 Å². The second-order valence-corrected chi connectivity index (χ2v) is 7.85. The lowest BCUT2D eigenvalue weighted by Gasteiger charge is -2.06. The molecular weight excluding hydrogens is 335 g/mol. The van der Waals surface area contributed by atoms with Gasteiger partial charge < -0.3 is 10.6 Å². The first-order chi connectivity index (χ1) is 9.83. The van der Waals surface area contributed by atoms with Gasteiger partial charge in [0.25, 0.3) is 0 Å². The summed E-state index contributed by atoms with van der Waals surface area (Å²) in [5.74, 6) is 0. The lowest BCUT2D eigenvalue weighted by molar-refractivity contribution is 0.252. The van der Waals surface area contributed by atoms with E-state index in [0.717, 1.165) is 18.7 Å². The lowest BCUT2D eigenvalue weighted by atomic mass is 10.2. The predicted octanol–water partition coefficient (Wildman–Crippen LogP) is 4.10. The number of para-hydroxylation sites is 1. The van der Waals surface area contributed by atoms with E-state index in [1.807, 2.05) is 30.3 Å². The van der Waals surface area contributed by atoms with E-state index in [2.05, 4.69) is 38.9 Å². The molecule has 8 heteroatoms. The van der Waals surface area contributed by atoms with Crippen molar-refractivity contribution < 1.29 is 13.2 Å². The van der Waals surface area contributed by atoms with Crippen LogP contribution < -0.4 is 10.6 Å². The van der Waals surface area contributed by atoms with E-state index in [0.29, 0.717) is 0 Å². The third-order valence-electron chi connectivity index (χ3n) is 2.35. The molecule has 0 saturated carbocycles. The van der Waals surface area contributed by atoms with Gasteiger partial charge in [0.05, 0.1) is 0 Å². The largest absolute Gasteiger partial charge is 0.338 e. The Morgan fingerprint density at radius 1 is 1.10 bits per heavy atom. The Hall–Kier alpha value is -0.980. The number of benzene rings is 1. The summed E-state index contributed by atoms with van der Waals surface area (Å²) in [4.78, 5) is 11.4. The number of anilines is 1. The first-order valence-electron chi connectivity index (χ1n) is 6.57. The molecule has 2 N–H and O–H groups in total. The van der Waals surface area contributed by atoms with Gasteiger partial charge in [-0.25, -0.2) is 4.79 Å². The number of halogens is 2. The van der Waals surface area contributed by atoms with Crippen molar-refractivity contribution >= 4 is 41.3 Å². The number of rotatable bonds is 6. The van der Waals surface area contributed by atoms with Crippen LogP contribution in [0.3, 0.4) is 0 Å². The van der Waals surface area contributed by atoms with Gasteiger partial charge in [0, 0.05) is 33.6 Å². The highest BCUT2D eigenvalue weighted by Gasteiger charge is 1.99. The Morgan fingerprint density at radius 3 is 2.19 bits per heavy atom. The highest BCUT2D eigenvalue weighted by molar-refractivity contribution is 8.31. The van der Waals surface area contributed by atoms with Crippen LogP contribution in [0.15, 0.2) is 30.3 Å². The molecule has 21 heavy (non-hydrogen) atoms. The summed E-state index contributed by atoms with van der Waals surface area (Å²) in [6, 6.07) is 9.34. The monoisotopic (exact) mass is 354 g/mol. The van der Waals surface area contributed by atoms with Crippen LogP contribution in [0.1, 0.15) is 32.6 Å². The molecule has 1 aromatic rings. The molecule has 0 aliphatic heterocycles. The fraction of sp³-hybridized carbons (Fsp3) is 0.462. The minimum absolute atomic E-state index is 0.123. The number of hydrogen-bond donors (Lipinski definition) is 2. The van der Waals surface area contributed by atoms with Crippen LogP contribution in [-0.4, -0.2) is 21.0 Å². The van der Waals surface area contributed by atoms with E-state index in [-0.39, 0.29) is 6.03 Å². The molecule has 1 rings (SSSR count). The SMILES string of the molecule is CCCCCCNC(=O)Nc1ccccc1.O=S(=O)(Cl)Cl. The highest BCUT2D eigenvalue weighted by atomic mass is 36.0. The fourth-order valence-corrected chi connectivity index (χ4v) is 1.45. The van der Waals surface area contributed by atoms with Gasteiger partial charge in [0.1, 0.15) is 0 Å². The third-order valence-corrected chi connectivity index (χ3v) is 2.35. The molecule has 0 heterocycles. The molecule has 2 amide bonds. The van der Waals surface area contributed by atoms with Crippen molar-refractivity contribution in [2.45, 2.75) is 32.6 Å². The maximum atomic E-state index is 11.4. The summed E-state index contributed by atoms with van der Waals surface area (Å²) < 4.78 is 18.3. The molecule has 1 aromatic carbocycles. The van der Waals surface area contributed by atoms with Crippen LogP contribution in [0, 0.1) is 0 Å². The van der Waals surface area contributed by atoms with Gasteiger partial charge in [-0.1, -0.05) is 44.4 Å². The van der Waals surface area contributed by atoms with Crippen LogP contribution in [-0.2, 0) is 8.26 Å². The van der Waals surface area contributed by atoms with Crippen molar-refractivity contribution in [3.63, 3.8) is 0 Å². The van der Waals surface area contributed by atoms with Crippen molar-refractivity contribution in [2.75, 3.05) is 11.9 Å². The van der Waals surface area contributed by atoms with Crippen LogP contribution in [0.2, 0.25) is 0 Å². The molecule has 0 atom stereocenters. The maximum Gasteiger partial charge on any atom is 0.319 e. The number of unbranched alkanes of at least 4 members (excludes halogenated alkanes) is 3. The maximum absolute atomic E-state index is 11.4. The second-order valence-electron chi connectivity index (χ2n) is 4.19. The molecular formula is C13H20Cl2N2O3S. The topological polar surface area (TPSA) is 75.3 Å². The van der Waals surface area contributed by atoms with Gasteiger partial charge >= 0.3 is 14.3 Å². The molecule has 0 radical (unpaired) electrons. The zero-order chi connectivity index (χ0) is 16.1. The predicted molar refractivity (Wildman–Crippen MR) is 88.2 cm³/mol. The van der Waals surface area contributed by atoms with Gasteiger partial charge in [-0.15, -0.1) is 0 Å². The standard InChI is InChI=1S/C13H20N2O.Cl2O2S/c1-2-3-4-8-11-14-13(16)15-12-9-6-5-7-10-12;1-5(2,3)4/h5-7,9-10H,2-4,8,11H2,1H3,(H2,14,15,16);. The number of carbonyl (C=O) groups excluding carboxylic acids is 1. The first-order valence-corrected chi connectivity index (χ1v) is 9.70. The molecule has 0 aromatic heterocycles. The Morgan fingerprint density at radius 2 is 1.67 bits per heavy atom. The summed E-state index contributed by atoms with van der Waals surface area (Å²) in [6.45, 7) is 2.92. The van der Waals surface area contributed by atoms with Crippen molar-refractivity contribution in [1.82, 2.24) is 5.32 Å². The van der Waals surface area contributed by atoms with Crippen molar-refractivity contribution in [3.8, 4) is 0 Å². The van der Waals surface area contributed by atoms with Crippen molar-refractivity contribution in [2.24, 2.45) is 0 Å². The summed E-state index contributed by atoms with van der Waals surface area (Å²) in [7, 11) is 4.81. The molecule has 0 bridgehead atoms. The fourth-order valence-electron chi connectivity index (χ4n) is 1.45. The van der Waals surface area contributed by atoms with Gasteiger partial charge in [-0.2, -0.15) is 8.42 Å². The van der Waals surface area contributed by atoms with Crippen LogP contribution in [0.4, 0.5) is 10.5 Å². The average molecular weight is 355 g/mol. The Kier molecular flexibility index (Phi) is 11.1. The molecule has 0 aliphatic rings. The van der Waals surface area contributed by atoms with Crippen LogP contribution in [0.5, 0.6) is 0 Å². The van der Waals surface area contributed by atoms with E-state index >= 15 is 0 Å². The van der Waals surface area contributed by atoms with Gasteiger partial charge in [-0.05, 0) is 18.6 Å². The van der Waals surface area contributed by atoms with E-state index in [9.17, 15) is 4.79 Å². The number of carbonyl (C=O) groups is 1. The van der Waals surface area contributed by atoms with E-state index in [1.54, 1.807) is 0 Å². The molecule has 5 nitrogen and oxygen atoms in total. The van der Waals surface area contributed by atoms with Crippen molar-refractivity contribution in [1.29, 1.82) is 0 Å². The van der Waals surface area contributed by atoms with E-state index in [4.69, 9.17) is 8.42 Å². The summed E-state index contributed by atoms with van der Waals surface area (Å²) in [5, 5.41) is 5.62. The molecule has 120 valence electrons. The third kappa shape index (κ3) is 17.0. The van der Waals surface area contributed by atoms with Crippen LogP contribution >= 0.6 is 21.4 Å². The number of urea groups is 1. The Bertz CT molecular complexity index is 487. The molecule has 0 aliphatic carbocycles. The Balaban J connectivity index is 0.000000690. The van der Waals surface area contributed by atoms with Crippen molar-refractivity contribution in [3.05, 3.63) is 30.3 Å². The van der Waals surface area contributed by atoms with E-state index in [1.165, 1.54) is 19.3 Å². The quantitative estimate of drug-likeness (QED) is 0.596. The molecule has 0 spiro atoms. The zero-order valence-electron chi connectivity index (χ0n) is 11.8.